The van der Waals surface area contributed by atoms with Crippen LogP contribution in [0.4, 0.5) is 48.3 Å². The van der Waals surface area contributed by atoms with E-state index in [9.17, 15) is 57.9 Å². The number of hydrogen-bond donors (Lipinski definition) is 2. The first-order chi connectivity index (χ1) is 9.80. The Hall–Kier alpha value is -1.83. The van der Waals surface area contributed by atoms with Crippen LogP contribution in [-0.4, -0.2) is 57.9 Å². The van der Waals surface area contributed by atoms with Gasteiger partial charge in [-0.05, 0) is 0 Å². The Morgan fingerprint density at radius 3 is 1.30 bits per heavy atom. The molecule has 0 radical (unpaired) electrons. The molecule has 0 fully saturated rings. The first kappa shape index (κ1) is 21.2. The number of halogens is 11. The largest absolute Gasteiger partial charge is 0.479 e. The molecule has 0 aliphatic heterocycles. The molecule has 0 bridgehead atoms. The van der Waals surface area contributed by atoms with E-state index in [4.69, 9.17) is 10.2 Å². The van der Waals surface area contributed by atoms with Gasteiger partial charge in [-0.15, -0.1) is 0 Å². The molecule has 0 rings (SSSR count). The summed E-state index contributed by atoms with van der Waals surface area (Å²) in [5.74, 6) is -44.8. The van der Waals surface area contributed by atoms with E-state index in [1.165, 1.54) is 0 Å². The van der Waals surface area contributed by atoms with E-state index in [0.29, 0.717) is 0 Å². The van der Waals surface area contributed by atoms with Gasteiger partial charge >= 0.3 is 41.6 Å². The predicted molar refractivity (Wildman–Crippen MR) is 44.9 cm³/mol. The fraction of sp³-hybridized carbons (Fsp3) is 0.750. The highest BCUT2D eigenvalue weighted by molar-refractivity contribution is 5.77. The first-order valence-electron chi connectivity index (χ1n) is 4.79. The van der Waals surface area contributed by atoms with Crippen molar-refractivity contribution >= 4 is 11.9 Å². The van der Waals surface area contributed by atoms with Crippen molar-refractivity contribution < 1.29 is 68.1 Å². The Morgan fingerprint density at radius 2 is 1.04 bits per heavy atom. The fourth-order valence-electron chi connectivity index (χ4n) is 1.05. The minimum Gasteiger partial charge on any atom is -0.479 e. The zero-order valence-corrected chi connectivity index (χ0v) is 9.95. The minimum absolute atomic E-state index is 3.49. The number of alkyl halides is 11. The smallest absolute Gasteiger partial charge is 0.410 e. The number of carboxylic acids is 2. The fourth-order valence-corrected chi connectivity index (χ4v) is 1.05. The monoisotopic (exact) mass is 372 g/mol. The predicted octanol–water partition coefficient (Wildman–Crippen LogP) is 2.67. The van der Waals surface area contributed by atoms with Crippen LogP contribution in [0.5, 0.6) is 0 Å². The van der Waals surface area contributed by atoms with Crippen molar-refractivity contribution in [1.29, 1.82) is 0 Å². The molecule has 4 nitrogen and oxygen atoms in total. The van der Waals surface area contributed by atoms with Crippen LogP contribution < -0.4 is 0 Å². The summed E-state index contributed by atoms with van der Waals surface area (Å²) in [5, 5.41) is 15.4. The summed E-state index contributed by atoms with van der Waals surface area (Å²) in [4.78, 5) is 19.6. The maximum atomic E-state index is 12.9. The van der Waals surface area contributed by atoms with E-state index in [2.05, 4.69) is 0 Å². The van der Waals surface area contributed by atoms with Gasteiger partial charge in [0.25, 0.3) is 6.17 Å². The summed E-state index contributed by atoms with van der Waals surface area (Å²) in [6, 6.07) is 0. The van der Waals surface area contributed by atoms with Crippen LogP contribution in [0.3, 0.4) is 0 Å². The van der Waals surface area contributed by atoms with Gasteiger partial charge in [-0.1, -0.05) is 0 Å². The summed E-state index contributed by atoms with van der Waals surface area (Å²) in [5.41, 5.74) is 0. The van der Waals surface area contributed by atoms with Gasteiger partial charge in [-0.2, -0.15) is 43.9 Å². The molecule has 1 unspecified atom stereocenters. The summed E-state index contributed by atoms with van der Waals surface area (Å²) in [6.07, 6.45) is -5.18. The second kappa shape index (κ2) is 5.36. The standard InChI is InChI=1S/C8H3F11O4/c9-1(2(20)21)4(10,11)6(14,15)8(18,19)7(16,17)5(12,13)3(22)23/h1H,(H,20,21)(H,22,23). The molecule has 0 spiro atoms. The molecule has 0 aromatic heterocycles. The van der Waals surface area contributed by atoms with Crippen LogP contribution in [-0.2, 0) is 9.59 Å². The molecule has 0 heterocycles. The third kappa shape index (κ3) is 2.65. The Bertz CT molecular complexity index is 500. The Balaban J connectivity index is 6.28. The van der Waals surface area contributed by atoms with Gasteiger partial charge in [-0.3, -0.25) is 0 Å². The van der Waals surface area contributed by atoms with Gasteiger partial charge in [0.05, 0.1) is 0 Å². The average Bonchev–Trinajstić information content (AvgIpc) is 2.36. The Morgan fingerprint density at radius 1 is 0.696 bits per heavy atom. The van der Waals surface area contributed by atoms with Gasteiger partial charge < -0.3 is 10.2 Å². The van der Waals surface area contributed by atoms with Gasteiger partial charge in [0, 0.05) is 0 Å². The van der Waals surface area contributed by atoms with E-state index in [1.54, 1.807) is 0 Å². The zero-order chi connectivity index (χ0) is 19.2. The first-order valence-corrected chi connectivity index (χ1v) is 4.79. The van der Waals surface area contributed by atoms with Crippen molar-refractivity contribution in [1.82, 2.24) is 0 Å². The topological polar surface area (TPSA) is 74.6 Å². The molecule has 0 aromatic carbocycles. The highest BCUT2D eigenvalue weighted by atomic mass is 19.4. The third-order valence-electron chi connectivity index (χ3n) is 2.41. The van der Waals surface area contributed by atoms with E-state index in [1.807, 2.05) is 0 Å². The summed E-state index contributed by atoms with van der Waals surface area (Å²) >= 11 is 0. The summed E-state index contributed by atoms with van der Waals surface area (Å²) in [6.45, 7) is 0. The van der Waals surface area contributed by atoms with Gasteiger partial charge in [0.2, 0.25) is 0 Å². The molecule has 1 atom stereocenters. The SMILES string of the molecule is O=C(O)C(F)C(F)(F)C(F)(F)C(F)(F)C(F)(F)C(F)(F)C(=O)O. The quantitative estimate of drug-likeness (QED) is 0.674. The van der Waals surface area contributed by atoms with Crippen molar-refractivity contribution in [3.63, 3.8) is 0 Å². The van der Waals surface area contributed by atoms with Crippen molar-refractivity contribution in [2.75, 3.05) is 0 Å². The lowest BCUT2D eigenvalue weighted by Crippen LogP contribution is -2.70. The molecule has 136 valence electrons. The van der Waals surface area contributed by atoms with Crippen molar-refractivity contribution in [3.8, 4) is 0 Å². The molecular weight excluding hydrogens is 369 g/mol. The maximum Gasteiger partial charge on any atom is 0.410 e. The second-order valence-corrected chi connectivity index (χ2v) is 3.93. The van der Waals surface area contributed by atoms with Gasteiger partial charge in [0.1, 0.15) is 0 Å². The van der Waals surface area contributed by atoms with Crippen LogP contribution in [0.1, 0.15) is 0 Å². The van der Waals surface area contributed by atoms with E-state index < -0.39 is 47.7 Å². The average molecular weight is 372 g/mol. The molecule has 0 saturated heterocycles. The molecule has 0 aliphatic rings. The number of rotatable bonds is 7. The van der Waals surface area contributed by atoms with E-state index in [0.717, 1.165) is 0 Å². The molecule has 0 saturated carbocycles. The van der Waals surface area contributed by atoms with Gasteiger partial charge in [-0.25, -0.2) is 14.0 Å². The Kier molecular flexibility index (Phi) is 4.94. The lowest BCUT2D eigenvalue weighted by Gasteiger charge is -2.38. The number of carboxylic acid groups (broad SMARTS) is 2. The molecule has 0 amide bonds. The van der Waals surface area contributed by atoms with Crippen molar-refractivity contribution in [3.05, 3.63) is 0 Å². The zero-order valence-electron chi connectivity index (χ0n) is 9.95. The lowest BCUT2D eigenvalue weighted by molar-refractivity contribution is -0.401. The lowest BCUT2D eigenvalue weighted by atomic mass is 9.92. The van der Waals surface area contributed by atoms with E-state index >= 15 is 0 Å². The Labute approximate surface area is 117 Å². The summed E-state index contributed by atoms with van der Waals surface area (Å²) in [7, 11) is 0. The molecule has 15 heteroatoms. The van der Waals surface area contributed by atoms with Crippen molar-refractivity contribution in [2.45, 2.75) is 35.8 Å². The van der Waals surface area contributed by atoms with Gasteiger partial charge in [0.15, 0.2) is 0 Å². The minimum atomic E-state index is -7.84. The number of aliphatic carboxylic acids is 2. The molecular formula is C8H3F11O4. The van der Waals surface area contributed by atoms with Crippen LogP contribution in [0, 0.1) is 0 Å². The van der Waals surface area contributed by atoms with Crippen LogP contribution in [0.25, 0.3) is 0 Å². The maximum absolute atomic E-state index is 12.9. The van der Waals surface area contributed by atoms with E-state index in [-0.39, 0.29) is 0 Å². The van der Waals surface area contributed by atoms with Crippen LogP contribution >= 0.6 is 0 Å². The molecule has 0 aliphatic carbocycles. The highest BCUT2D eigenvalue weighted by Gasteiger charge is 2.89. The summed E-state index contributed by atoms with van der Waals surface area (Å²) < 4.78 is 140. The van der Waals surface area contributed by atoms with Crippen LogP contribution in [0.2, 0.25) is 0 Å². The highest BCUT2D eigenvalue weighted by Crippen LogP contribution is 2.57. The molecule has 0 aromatic rings. The molecule has 2 N–H and O–H groups in total. The number of carbonyl (C=O) groups is 2. The molecule has 23 heavy (non-hydrogen) atoms. The van der Waals surface area contributed by atoms with Crippen molar-refractivity contribution in [2.24, 2.45) is 0 Å². The van der Waals surface area contributed by atoms with Crippen LogP contribution in [0.15, 0.2) is 0 Å². The third-order valence-corrected chi connectivity index (χ3v) is 2.41. The normalized spacial score (nSPS) is 16.1. The number of hydrogen-bond acceptors (Lipinski definition) is 2. The second-order valence-electron chi connectivity index (χ2n) is 3.93.